The summed E-state index contributed by atoms with van der Waals surface area (Å²) in [4.78, 5) is 14.7. The molecule has 0 aliphatic heterocycles. The topological polar surface area (TPSA) is 75.1 Å². The third-order valence-corrected chi connectivity index (χ3v) is 3.09. The number of H-pyrrole nitrogens is 1. The number of methoxy groups -OCH3 is 1. The van der Waals surface area contributed by atoms with Crippen LogP contribution in [0, 0.1) is 11.3 Å². The molecule has 0 aliphatic rings. The molecule has 1 heterocycles. The first-order chi connectivity index (χ1) is 10.7. The van der Waals surface area contributed by atoms with E-state index in [2.05, 4.69) is 11.1 Å². The molecule has 0 fully saturated rings. The van der Waals surface area contributed by atoms with E-state index in [4.69, 9.17) is 14.7 Å². The number of para-hydroxylation sites is 1. The van der Waals surface area contributed by atoms with E-state index in [0.717, 1.165) is 5.56 Å². The van der Waals surface area contributed by atoms with Gasteiger partial charge in [0.05, 0.1) is 19.3 Å². The summed E-state index contributed by atoms with van der Waals surface area (Å²) in [5.74, 6) is 0.231. The van der Waals surface area contributed by atoms with Crippen LogP contribution in [0.2, 0.25) is 0 Å². The third kappa shape index (κ3) is 3.18. The van der Waals surface area contributed by atoms with Crippen molar-refractivity contribution in [2.75, 3.05) is 13.7 Å². The highest BCUT2D eigenvalue weighted by atomic mass is 16.5. The molecule has 5 nitrogen and oxygen atoms in total. The number of esters is 1. The summed E-state index contributed by atoms with van der Waals surface area (Å²) in [5.41, 5.74) is 2.01. The molecule has 0 spiro atoms. The zero-order chi connectivity index (χ0) is 15.9. The quantitative estimate of drug-likeness (QED) is 0.859. The molecule has 1 N–H and O–H groups in total. The van der Waals surface area contributed by atoms with Gasteiger partial charge in [-0.3, -0.25) is 0 Å². The number of carbonyl (C=O) groups is 1. The molecule has 2 rings (SSSR count). The van der Waals surface area contributed by atoms with Gasteiger partial charge < -0.3 is 14.5 Å². The highest BCUT2D eigenvalue weighted by Crippen LogP contribution is 2.22. The summed E-state index contributed by atoms with van der Waals surface area (Å²) >= 11 is 0. The van der Waals surface area contributed by atoms with Crippen molar-refractivity contribution in [2.24, 2.45) is 0 Å². The van der Waals surface area contributed by atoms with E-state index in [-0.39, 0.29) is 12.3 Å². The fraction of sp³-hybridized carbons (Fsp3) is 0.176. The number of nitriles is 1. The Hall–Kier alpha value is -3.00. The predicted octanol–water partition coefficient (Wildman–Crippen LogP) is 3.24. The minimum absolute atomic E-state index is 0.268. The zero-order valence-electron chi connectivity index (χ0n) is 12.4. The van der Waals surface area contributed by atoms with Crippen LogP contribution in [0.1, 0.15) is 34.1 Å². The highest BCUT2D eigenvalue weighted by Gasteiger charge is 2.16. The normalized spacial score (nSPS) is 10.4. The summed E-state index contributed by atoms with van der Waals surface area (Å²) < 4.78 is 10.3. The van der Waals surface area contributed by atoms with Crippen LogP contribution in [0.3, 0.4) is 0 Å². The van der Waals surface area contributed by atoms with Gasteiger partial charge in [0.25, 0.3) is 0 Å². The Morgan fingerprint density at radius 3 is 2.82 bits per heavy atom. The first kappa shape index (κ1) is 15.4. The van der Waals surface area contributed by atoms with Crippen LogP contribution >= 0.6 is 0 Å². The van der Waals surface area contributed by atoms with Gasteiger partial charge in [-0.05, 0) is 13.0 Å². The number of nitrogens with zero attached hydrogens (tertiary/aromatic N) is 1. The fourth-order valence-corrected chi connectivity index (χ4v) is 2.05. The van der Waals surface area contributed by atoms with Gasteiger partial charge in [0.15, 0.2) is 0 Å². The van der Waals surface area contributed by atoms with Crippen LogP contribution in [0.4, 0.5) is 0 Å². The maximum absolute atomic E-state index is 11.9. The maximum atomic E-state index is 11.9. The summed E-state index contributed by atoms with van der Waals surface area (Å²) in [6.45, 7) is 2.01. The number of ether oxygens (including phenoxy) is 2. The van der Waals surface area contributed by atoms with Crippen molar-refractivity contribution in [3.63, 3.8) is 0 Å². The summed E-state index contributed by atoms with van der Waals surface area (Å²) in [6, 6.07) is 9.54. The van der Waals surface area contributed by atoms with E-state index in [1.807, 2.05) is 24.3 Å². The average Bonchev–Trinajstić information content (AvgIpc) is 2.96. The number of carbonyl (C=O) groups excluding carboxylic acids is 1. The Morgan fingerprint density at radius 2 is 2.14 bits per heavy atom. The minimum Gasteiger partial charge on any atom is -0.496 e. The van der Waals surface area contributed by atoms with E-state index in [1.54, 1.807) is 26.2 Å². The van der Waals surface area contributed by atoms with E-state index >= 15 is 0 Å². The lowest BCUT2D eigenvalue weighted by Gasteiger charge is -2.04. The number of hydrogen-bond acceptors (Lipinski definition) is 4. The molecule has 5 heteroatoms. The smallest absolute Gasteiger partial charge is 0.355 e. The monoisotopic (exact) mass is 296 g/mol. The standard InChI is InChI=1S/C17H16N2O3/c1-3-22-17(20)16-14(13(10-18)11-19-16)9-8-12-6-4-5-7-15(12)21-2/h4-9,11,19H,3H2,1-2H3/b9-8+. The Morgan fingerprint density at radius 1 is 1.36 bits per heavy atom. The molecule has 0 radical (unpaired) electrons. The van der Waals surface area contributed by atoms with Crippen molar-refractivity contribution >= 4 is 18.1 Å². The molecule has 22 heavy (non-hydrogen) atoms. The van der Waals surface area contributed by atoms with Gasteiger partial charge in [-0.25, -0.2) is 4.79 Å². The Kier molecular flexibility index (Phi) is 4.99. The highest BCUT2D eigenvalue weighted by molar-refractivity contribution is 5.94. The molecule has 1 aromatic heterocycles. The number of rotatable bonds is 5. The molecule has 0 atom stereocenters. The van der Waals surface area contributed by atoms with Crippen LogP contribution in [0.25, 0.3) is 12.2 Å². The molecule has 0 amide bonds. The first-order valence-electron chi connectivity index (χ1n) is 6.81. The van der Waals surface area contributed by atoms with Crippen molar-refractivity contribution in [3.05, 3.63) is 52.8 Å². The summed E-state index contributed by atoms with van der Waals surface area (Å²) in [7, 11) is 1.59. The molecule has 112 valence electrons. The van der Waals surface area contributed by atoms with Gasteiger partial charge in [-0.15, -0.1) is 0 Å². The lowest BCUT2D eigenvalue weighted by atomic mass is 10.1. The zero-order valence-corrected chi connectivity index (χ0v) is 12.4. The molecular weight excluding hydrogens is 280 g/mol. The maximum Gasteiger partial charge on any atom is 0.355 e. The van der Waals surface area contributed by atoms with Crippen molar-refractivity contribution < 1.29 is 14.3 Å². The SMILES string of the molecule is CCOC(=O)c1[nH]cc(C#N)c1/C=C/c1ccccc1OC. The van der Waals surface area contributed by atoms with Crippen LogP contribution in [-0.4, -0.2) is 24.7 Å². The van der Waals surface area contributed by atoms with Gasteiger partial charge in [-0.2, -0.15) is 5.26 Å². The van der Waals surface area contributed by atoms with E-state index < -0.39 is 5.97 Å². The molecule has 0 aliphatic carbocycles. The Balaban J connectivity index is 2.40. The number of aromatic nitrogens is 1. The number of hydrogen-bond donors (Lipinski definition) is 1. The van der Waals surface area contributed by atoms with Gasteiger partial charge in [0.1, 0.15) is 17.5 Å². The van der Waals surface area contributed by atoms with Crippen LogP contribution in [0.15, 0.2) is 30.5 Å². The van der Waals surface area contributed by atoms with Crippen molar-refractivity contribution in [3.8, 4) is 11.8 Å². The second-order valence-electron chi connectivity index (χ2n) is 4.40. The van der Waals surface area contributed by atoms with E-state index in [9.17, 15) is 4.79 Å². The van der Waals surface area contributed by atoms with Gasteiger partial charge in [0, 0.05) is 17.3 Å². The fourth-order valence-electron chi connectivity index (χ4n) is 2.05. The first-order valence-corrected chi connectivity index (χ1v) is 6.81. The lowest BCUT2D eigenvalue weighted by molar-refractivity contribution is 0.0520. The third-order valence-electron chi connectivity index (χ3n) is 3.09. The van der Waals surface area contributed by atoms with Crippen molar-refractivity contribution in [1.29, 1.82) is 5.26 Å². The molecule has 0 saturated heterocycles. The van der Waals surface area contributed by atoms with E-state index in [0.29, 0.717) is 16.9 Å². The van der Waals surface area contributed by atoms with Crippen LogP contribution in [0.5, 0.6) is 5.75 Å². The van der Waals surface area contributed by atoms with Crippen molar-refractivity contribution in [1.82, 2.24) is 4.98 Å². The number of aromatic amines is 1. The van der Waals surface area contributed by atoms with Gasteiger partial charge >= 0.3 is 5.97 Å². The van der Waals surface area contributed by atoms with E-state index in [1.165, 1.54) is 6.20 Å². The van der Waals surface area contributed by atoms with Crippen LogP contribution < -0.4 is 4.74 Å². The molecule has 0 bridgehead atoms. The Bertz CT molecular complexity index is 739. The minimum atomic E-state index is -0.483. The summed E-state index contributed by atoms with van der Waals surface area (Å²) in [5, 5.41) is 9.16. The molecule has 1 aromatic carbocycles. The average molecular weight is 296 g/mol. The number of nitrogens with one attached hydrogen (secondary N) is 1. The molecule has 0 unspecified atom stereocenters. The second-order valence-corrected chi connectivity index (χ2v) is 4.40. The second kappa shape index (κ2) is 7.14. The molecular formula is C17H16N2O3. The largest absolute Gasteiger partial charge is 0.496 e. The van der Waals surface area contributed by atoms with Crippen molar-refractivity contribution in [2.45, 2.75) is 6.92 Å². The van der Waals surface area contributed by atoms with Crippen LogP contribution in [-0.2, 0) is 4.74 Å². The lowest BCUT2D eigenvalue weighted by Crippen LogP contribution is -2.06. The Labute approximate surface area is 128 Å². The summed E-state index contributed by atoms with van der Waals surface area (Å²) in [6.07, 6.45) is 5.00. The molecule has 0 saturated carbocycles. The molecule has 2 aromatic rings. The predicted molar refractivity (Wildman–Crippen MR) is 83.4 cm³/mol. The number of benzene rings is 1. The van der Waals surface area contributed by atoms with Gasteiger partial charge in [-0.1, -0.05) is 30.4 Å². The van der Waals surface area contributed by atoms with Gasteiger partial charge in [0.2, 0.25) is 0 Å².